The predicted molar refractivity (Wildman–Crippen MR) is 100 cm³/mol. The third-order valence-electron chi connectivity index (χ3n) is 3.72. The molecule has 24 heavy (non-hydrogen) atoms. The monoisotopic (exact) mass is 337 g/mol. The summed E-state index contributed by atoms with van der Waals surface area (Å²) >= 11 is 1.27. The van der Waals surface area contributed by atoms with Gasteiger partial charge in [0.05, 0.1) is 0 Å². The van der Waals surface area contributed by atoms with Crippen molar-refractivity contribution in [3.8, 4) is 0 Å². The zero-order valence-corrected chi connectivity index (χ0v) is 14.4. The first-order valence-electron chi connectivity index (χ1n) is 7.77. The van der Waals surface area contributed by atoms with Crippen molar-refractivity contribution < 1.29 is 4.79 Å². The van der Waals surface area contributed by atoms with Crippen molar-refractivity contribution in [3.63, 3.8) is 0 Å². The Kier molecular flexibility index (Phi) is 4.62. The first-order valence-corrected chi connectivity index (χ1v) is 8.59. The lowest BCUT2D eigenvalue weighted by Gasteiger charge is -2.07. The summed E-state index contributed by atoms with van der Waals surface area (Å²) in [6.45, 7) is 4.32. The van der Waals surface area contributed by atoms with E-state index in [0.29, 0.717) is 21.5 Å². The number of thiazole rings is 1. The molecule has 4 nitrogen and oxygen atoms in total. The van der Waals surface area contributed by atoms with Crippen LogP contribution in [0, 0.1) is 0 Å². The van der Waals surface area contributed by atoms with Crippen LogP contribution in [0.3, 0.4) is 0 Å². The van der Waals surface area contributed by atoms with Crippen molar-refractivity contribution in [2.75, 3.05) is 11.1 Å². The normalized spacial score (nSPS) is 10.8. The number of nitrogen functional groups attached to an aromatic ring is 1. The number of hydrogen-bond donors (Lipinski definition) is 2. The molecule has 0 aliphatic carbocycles. The number of nitrogens with two attached hydrogens (primary N) is 1. The van der Waals surface area contributed by atoms with Crippen molar-refractivity contribution in [3.05, 3.63) is 70.6 Å². The first kappa shape index (κ1) is 16.2. The van der Waals surface area contributed by atoms with Crippen LogP contribution >= 0.6 is 11.3 Å². The number of ketones is 1. The van der Waals surface area contributed by atoms with Gasteiger partial charge in [-0.15, -0.1) is 0 Å². The van der Waals surface area contributed by atoms with Crippen LogP contribution in [-0.4, -0.2) is 10.8 Å². The highest BCUT2D eigenvalue weighted by Gasteiger charge is 2.17. The third-order valence-corrected chi connectivity index (χ3v) is 4.71. The summed E-state index contributed by atoms with van der Waals surface area (Å²) in [7, 11) is 0. The van der Waals surface area contributed by atoms with Crippen LogP contribution < -0.4 is 11.1 Å². The molecule has 0 fully saturated rings. The van der Waals surface area contributed by atoms with Gasteiger partial charge in [-0.05, 0) is 23.6 Å². The molecule has 5 heteroatoms. The average Bonchev–Trinajstić information content (AvgIpc) is 2.95. The second-order valence-electron chi connectivity index (χ2n) is 5.83. The van der Waals surface area contributed by atoms with Crippen LogP contribution in [0.15, 0.2) is 54.6 Å². The molecule has 0 saturated carbocycles. The van der Waals surface area contributed by atoms with E-state index in [1.807, 2.05) is 30.3 Å². The van der Waals surface area contributed by atoms with Gasteiger partial charge >= 0.3 is 0 Å². The Labute approximate surface area is 145 Å². The van der Waals surface area contributed by atoms with Gasteiger partial charge in [0, 0.05) is 11.3 Å². The van der Waals surface area contributed by atoms with Crippen LogP contribution in [0.5, 0.6) is 0 Å². The molecule has 3 aromatic rings. The zero-order valence-electron chi connectivity index (χ0n) is 13.6. The van der Waals surface area contributed by atoms with Crippen LogP contribution in [0.4, 0.5) is 16.6 Å². The van der Waals surface area contributed by atoms with E-state index in [-0.39, 0.29) is 11.6 Å². The van der Waals surface area contributed by atoms with Crippen molar-refractivity contribution in [1.29, 1.82) is 0 Å². The number of nitrogens with one attached hydrogen (secondary N) is 1. The number of hydrogen-bond acceptors (Lipinski definition) is 5. The number of aromatic nitrogens is 1. The predicted octanol–water partition coefficient (Wildman–Crippen LogP) is 4.82. The lowest BCUT2D eigenvalue weighted by Crippen LogP contribution is -2.02. The smallest absolute Gasteiger partial charge is 0.206 e. The van der Waals surface area contributed by atoms with Gasteiger partial charge in [0.15, 0.2) is 5.13 Å². The van der Waals surface area contributed by atoms with Gasteiger partial charge in [0.25, 0.3) is 0 Å². The molecule has 0 atom stereocenters. The number of carbonyl (C=O) groups is 1. The summed E-state index contributed by atoms with van der Waals surface area (Å²) in [6, 6.07) is 17.3. The summed E-state index contributed by atoms with van der Waals surface area (Å²) < 4.78 is 0. The number of carbonyl (C=O) groups excluding carboxylic acids is 1. The van der Waals surface area contributed by atoms with Gasteiger partial charge in [0.1, 0.15) is 10.7 Å². The van der Waals surface area contributed by atoms with Crippen molar-refractivity contribution in [1.82, 2.24) is 4.98 Å². The molecule has 0 unspecified atom stereocenters. The molecule has 3 rings (SSSR count). The topological polar surface area (TPSA) is 68.0 Å². The Bertz CT molecular complexity index is 839. The van der Waals surface area contributed by atoms with E-state index < -0.39 is 0 Å². The Morgan fingerprint density at radius 2 is 1.75 bits per heavy atom. The van der Waals surface area contributed by atoms with Crippen molar-refractivity contribution in [2.45, 2.75) is 19.8 Å². The Morgan fingerprint density at radius 3 is 2.38 bits per heavy atom. The fraction of sp³-hybridized carbons (Fsp3) is 0.158. The van der Waals surface area contributed by atoms with E-state index in [0.717, 1.165) is 5.69 Å². The highest BCUT2D eigenvalue weighted by molar-refractivity contribution is 7.18. The van der Waals surface area contributed by atoms with Gasteiger partial charge in [-0.1, -0.05) is 67.6 Å². The van der Waals surface area contributed by atoms with Crippen LogP contribution in [0.25, 0.3) is 0 Å². The summed E-state index contributed by atoms with van der Waals surface area (Å²) in [6.07, 6.45) is 0. The van der Waals surface area contributed by atoms with Crippen molar-refractivity contribution >= 4 is 33.8 Å². The third kappa shape index (κ3) is 3.46. The minimum absolute atomic E-state index is 0.103. The number of rotatable bonds is 5. The molecule has 0 aliphatic heterocycles. The van der Waals surface area contributed by atoms with E-state index in [1.54, 1.807) is 12.1 Å². The molecule has 0 radical (unpaired) electrons. The van der Waals surface area contributed by atoms with Crippen molar-refractivity contribution in [2.24, 2.45) is 0 Å². The highest BCUT2D eigenvalue weighted by atomic mass is 32.1. The van der Waals surface area contributed by atoms with E-state index >= 15 is 0 Å². The molecule has 0 saturated heterocycles. The second kappa shape index (κ2) is 6.84. The maximum Gasteiger partial charge on any atom is 0.206 e. The molecule has 1 aromatic heterocycles. The summed E-state index contributed by atoms with van der Waals surface area (Å²) in [5.74, 6) is 0.647. The number of anilines is 3. The molecular weight excluding hydrogens is 318 g/mol. The number of benzene rings is 2. The lowest BCUT2D eigenvalue weighted by atomic mass is 10.0. The quantitative estimate of drug-likeness (QED) is 0.655. The van der Waals surface area contributed by atoms with E-state index in [4.69, 9.17) is 5.73 Å². The molecule has 122 valence electrons. The van der Waals surface area contributed by atoms with Crippen LogP contribution in [-0.2, 0) is 0 Å². The average molecular weight is 337 g/mol. The molecule has 0 amide bonds. The Balaban J connectivity index is 1.80. The summed E-state index contributed by atoms with van der Waals surface area (Å²) in [4.78, 5) is 17.3. The molecule has 2 aromatic carbocycles. The van der Waals surface area contributed by atoms with Gasteiger partial charge in [0.2, 0.25) is 5.78 Å². The SMILES string of the molecule is CC(C)c1ccc(Nc2nc(N)c(C(=O)c3ccccc3)s2)cc1. The van der Waals surface area contributed by atoms with E-state index in [2.05, 4.69) is 36.3 Å². The number of nitrogens with zero attached hydrogens (tertiary/aromatic N) is 1. The summed E-state index contributed by atoms with van der Waals surface area (Å²) in [5, 5.41) is 3.83. The maximum absolute atomic E-state index is 12.5. The molecule has 3 N–H and O–H groups in total. The standard InChI is InChI=1S/C19H19N3OS/c1-12(2)13-8-10-15(11-9-13)21-19-22-18(20)17(24-19)16(23)14-6-4-3-5-7-14/h3-12H,20H2,1-2H3,(H,21,22). The van der Waals surface area contributed by atoms with Gasteiger partial charge in [-0.3, -0.25) is 4.79 Å². The molecule has 1 heterocycles. The fourth-order valence-electron chi connectivity index (χ4n) is 2.34. The lowest BCUT2D eigenvalue weighted by molar-refractivity contribution is 0.104. The van der Waals surface area contributed by atoms with Gasteiger partial charge in [-0.25, -0.2) is 4.98 Å². The summed E-state index contributed by atoms with van der Waals surface area (Å²) in [5.41, 5.74) is 8.75. The Hall–Kier alpha value is -2.66. The van der Waals surface area contributed by atoms with E-state index in [9.17, 15) is 4.79 Å². The Morgan fingerprint density at radius 1 is 1.08 bits per heavy atom. The van der Waals surface area contributed by atoms with Gasteiger partial charge < -0.3 is 11.1 Å². The highest BCUT2D eigenvalue weighted by Crippen LogP contribution is 2.30. The zero-order chi connectivity index (χ0) is 17.1. The minimum Gasteiger partial charge on any atom is -0.382 e. The molecular formula is C19H19N3OS. The molecule has 0 spiro atoms. The molecule has 0 aliphatic rings. The van der Waals surface area contributed by atoms with Crippen LogP contribution in [0.2, 0.25) is 0 Å². The first-order chi connectivity index (χ1) is 11.5. The largest absolute Gasteiger partial charge is 0.382 e. The van der Waals surface area contributed by atoms with Crippen LogP contribution in [0.1, 0.15) is 40.6 Å². The minimum atomic E-state index is -0.103. The van der Waals surface area contributed by atoms with E-state index in [1.165, 1.54) is 16.9 Å². The fourth-order valence-corrected chi connectivity index (χ4v) is 3.21. The van der Waals surface area contributed by atoms with Gasteiger partial charge in [-0.2, -0.15) is 0 Å². The molecule has 0 bridgehead atoms. The maximum atomic E-state index is 12.5. The second-order valence-corrected chi connectivity index (χ2v) is 6.83.